The molecule has 3 aromatic rings. The molecule has 3 aliphatic rings. The summed E-state index contributed by atoms with van der Waals surface area (Å²) in [6, 6.07) is 15.7. The summed E-state index contributed by atoms with van der Waals surface area (Å²) in [6.45, 7) is 0. The van der Waals surface area contributed by atoms with Crippen molar-refractivity contribution in [2.45, 2.75) is 63.2 Å². The third-order valence-corrected chi connectivity index (χ3v) is 8.14. The molecule has 158 valence electrons. The van der Waals surface area contributed by atoms with Crippen molar-refractivity contribution < 1.29 is 9.18 Å². The van der Waals surface area contributed by atoms with Crippen LogP contribution in [-0.4, -0.2) is 10.8 Å². The molecule has 0 aliphatic heterocycles. The van der Waals surface area contributed by atoms with Gasteiger partial charge in [0, 0.05) is 23.9 Å². The van der Waals surface area contributed by atoms with Crippen molar-refractivity contribution in [1.82, 2.24) is 4.98 Å². The van der Waals surface area contributed by atoms with E-state index in [9.17, 15) is 9.18 Å². The van der Waals surface area contributed by atoms with Gasteiger partial charge in [-0.15, -0.1) is 0 Å². The van der Waals surface area contributed by atoms with Gasteiger partial charge in [0.25, 0.3) is 0 Å². The smallest absolute Gasteiger partial charge is 0.140 e. The SMILES string of the molecule is O=C(Cc1ccc(C2CC2)cc1)[C@H]1CC12CCC(c1ccnc3ccc(F)cc13)CC2. The van der Waals surface area contributed by atoms with E-state index >= 15 is 0 Å². The van der Waals surface area contributed by atoms with Gasteiger partial charge < -0.3 is 0 Å². The number of benzene rings is 2. The second-order valence-electron chi connectivity index (χ2n) is 10.1. The Morgan fingerprint density at radius 3 is 2.48 bits per heavy atom. The van der Waals surface area contributed by atoms with Crippen LogP contribution < -0.4 is 0 Å². The zero-order valence-electron chi connectivity index (χ0n) is 17.8. The van der Waals surface area contributed by atoms with Crippen LogP contribution in [-0.2, 0) is 11.2 Å². The summed E-state index contributed by atoms with van der Waals surface area (Å²) in [5, 5.41) is 0.946. The summed E-state index contributed by atoms with van der Waals surface area (Å²) in [5.41, 5.74) is 4.91. The summed E-state index contributed by atoms with van der Waals surface area (Å²) in [7, 11) is 0. The van der Waals surface area contributed by atoms with Gasteiger partial charge in [0.05, 0.1) is 5.52 Å². The Labute approximate surface area is 182 Å². The fourth-order valence-electron chi connectivity index (χ4n) is 6.00. The van der Waals surface area contributed by atoms with Gasteiger partial charge in [-0.05, 0) is 103 Å². The Morgan fingerprint density at radius 1 is 0.968 bits per heavy atom. The lowest BCUT2D eigenvalue weighted by molar-refractivity contribution is -0.120. The largest absolute Gasteiger partial charge is 0.299 e. The van der Waals surface area contributed by atoms with E-state index in [1.165, 1.54) is 30.0 Å². The van der Waals surface area contributed by atoms with Crippen LogP contribution in [0.1, 0.15) is 73.5 Å². The highest BCUT2D eigenvalue weighted by Crippen LogP contribution is 2.63. The van der Waals surface area contributed by atoms with E-state index < -0.39 is 0 Å². The molecule has 0 radical (unpaired) electrons. The third-order valence-electron chi connectivity index (χ3n) is 8.14. The number of nitrogens with zero attached hydrogens (tertiary/aromatic N) is 1. The van der Waals surface area contributed by atoms with Crippen molar-refractivity contribution in [2.24, 2.45) is 11.3 Å². The van der Waals surface area contributed by atoms with Crippen molar-refractivity contribution >= 4 is 16.7 Å². The van der Waals surface area contributed by atoms with E-state index in [0.717, 1.165) is 54.5 Å². The van der Waals surface area contributed by atoms with Crippen molar-refractivity contribution in [2.75, 3.05) is 0 Å². The average Bonchev–Trinajstić information content (AvgIpc) is 3.71. The predicted molar refractivity (Wildman–Crippen MR) is 121 cm³/mol. The summed E-state index contributed by atoms with van der Waals surface area (Å²) >= 11 is 0. The van der Waals surface area contributed by atoms with Gasteiger partial charge in [0.1, 0.15) is 11.6 Å². The average molecular weight is 414 g/mol. The second kappa shape index (κ2) is 7.25. The molecule has 1 aromatic heterocycles. The molecule has 0 unspecified atom stereocenters. The van der Waals surface area contributed by atoms with Crippen LogP contribution in [0.3, 0.4) is 0 Å². The van der Waals surface area contributed by atoms with Crippen LogP contribution in [0.2, 0.25) is 0 Å². The zero-order chi connectivity index (χ0) is 21.0. The molecule has 0 N–H and O–H groups in total. The van der Waals surface area contributed by atoms with Crippen LogP contribution in [0.25, 0.3) is 10.9 Å². The van der Waals surface area contributed by atoms with Gasteiger partial charge in [-0.1, -0.05) is 24.3 Å². The highest BCUT2D eigenvalue weighted by atomic mass is 19.1. The summed E-state index contributed by atoms with van der Waals surface area (Å²) in [6.07, 6.45) is 10.5. The Hall–Kier alpha value is -2.55. The van der Waals surface area contributed by atoms with E-state index in [-0.39, 0.29) is 17.2 Å². The maximum absolute atomic E-state index is 13.8. The molecular formula is C28H28FNO. The maximum atomic E-state index is 13.8. The molecule has 2 aromatic carbocycles. The van der Waals surface area contributed by atoms with E-state index in [2.05, 4.69) is 35.3 Å². The molecular weight excluding hydrogens is 385 g/mol. The van der Waals surface area contributed by atoms with Crippen molar-refractivity contribution in [3.63, 3.8) is 0 Å². The molecule has 3 fully saturated rings. The van der Waals surface area contributed by atoms with Crippen molar-refractivity contribution in [3.05, 3.63) is 77.2 Å². The number of Topliss-reactive ketones (excluding diaryl/α,β-unsaturated/α-hetero) is 1. The van der Waals surface area contributed by atoms with Crippen LogP contribution in [0.4, 0.5) is 4.39 Å². The van der Waals surface area contributed by atoms with Crippen LogP contribution in [0.5, 0.6) is 0 Å². The fraction of sp³-hybridized carbons (Fsp3) is 0.429. The maximum Gasteiger partial charge on any atom is 0.140 e. The van der Waals surface area contributed by atoms with E-state index in [0.29, 0.717) is 18.1 Å². The number of aromatic nitrogens is 1. The molecule has 2 nitrogen and oxygen atoms in total. The van der Waals surface area contributed by atoms with E-state index in [4.69, 9.17) is 0 Å². The molecule has 0 amide bonds. The Morgan fingerprint density at radius 2 is 1.74 bits per heavy atom. The number of carbonyl (C=O) groups is 1. The third kappa shape index (κ3) is 3.58. The molecule has 6 rings (SSSR count). The Balaban J connectivity index is 1.11. The first-order valence-electron chi connectivity index (χ1n) is 11.8. The highest BCUT2D eigenvalue weighted by Gasteiger charge is 2.57. The molecule has 31 heavy (non-hydrogen) atoms. The quantitative estimate of drug-likeness (QED) is 0.464. The van der Waals surface area contributed by atoms with E-state index in [1.807, 2.05) is 6.20 Å². The number of rotatable bonds is 5. The van der Waals surface area contributed by atoms with Gasteiger partial charge in [-0.25, -0.2) is 4.39 Å². The standard InChI is InChI=1S/C28H28FNO/c29-22-7-8-26-24(16-22)23(11-14-30-26)21-9-12-28(13-10-21)17-25(28)27(31)15-18-1-3-19(4-2-18)20-5-6-20/h1-4,7-8,11,14,16,20-21,25H,5-6,9-10,12-13,15,17H2/t21?,25-,28?/m1/s1. The minimum atomic E-state index is -0.202. The molecule has 1 spiro atoms. The summed E-state index contributed by atoms with van der Waals surface area (Å²) < 4.78 is 13.8. The molecule has 3 aliphatic carbocycles. The molecule has 0 bridgehead atoms. The first-order valence-corrected chi connectivity index (χ1v) is 11.8. The molecule has 1 atom stereocenters. The van der Waals surface area contributed by atoms with Crippen LogP contribution >= 0.6 is 0 Å². The number of pyridine rings is 1. The van der Waals surface area contributed by atoms with E-state index in [1.54, 1.807) is 12.1 Å². The normalized spacial score (nSPS) is 27.5. The van der Waals surface area contributed by atoms with Crippen molar-refractivity contribution in [3.8, 4) is 0 Å². The van der Waals surface area contributed by atoms with Crippen LogP contribution in [0, 0.1) is 17.2 Å². The first kappa shape index (κ1) is 19.2. The second-order valence-corrected chi connectivity index (χ2v) is 10.1. The lowest BCUT2D eigenvalue weighted by Gasteiger charge is -2.30. The zero-order valence-corrected chi connectivity index (χ0v) is 17.8. The topological polar surface area (TPSA) is 30.0 Å². The summed E-state index contributed by atoms with van der Waals surface area (Å²) in [4.78, 5) is 17.4. The molecule has 0 saturated heterocycles. The van der Waals surface area contributed by atoms with Gasteiger partial charge >= 0.3 is 0 Å². The minimum Gasteiger partial charge on any atom is -0.299 e. The number of carbonyl (C=O) groups excluding carboxylic acids is 1. The number of hydrogen-bond acceptors (Lipinski definition) is 2. The molecule has 1 heterocycles. The number of halogens is 1. The Kier molecular flexibility index (Phi) is 4.48. The molecule has 3 saturated carbocycles. The first-order chi connectivity index (χ1) is 15.1. The van der Waals surface area contributed by atoms with Gasteiger partial charge in [0.15, 0.2) is 0 Å². The van der Waals surface area contributed by atoms with Gasteiger partial charge in [-0.2, -0.15) is 0 Å². The van der Waals surface area contributed by atoms with Gasteiger partial charge in [-0.3, -0.25) is 9.78 Å². The summed E-state index contributed by atoms with van der Waals surface area (Å²) in [5.74, 6) is 1.66. The van der Waals surface area contributed by atoms with Crippen molar-refractivity contribution in [1.29, 1.82) is 0 Å². The lowest BCUT2D eigenvalue weighted by atomic mass is 9.74. The predicted octanol–water partition coefficient (Wildman–Crippen LogP) is 6.73. The number of hydrogen-bond donors (Lipinski definition) is 0. The lowest BCUT2D eigenvalue weighted by Crippen LogP contribution is -2.20. The van der Waals surface area contributed by atoms with Gasteiger partial charge in [0.2, 0.25) is 0 Å². The fourth-order valence-corrected chi connectivity index (χ4v) is 6.00. The highest BCUT2D eigenvalue weighted by molar-refractivity contribution is 5.87. The minimum absolute atomic E-state index is 0.202. The van der Waals surface area contributed by atoms with Crippen LogP contribution in [0.15, 0.2) is 54.7 Å². The number of fused-ring (bicyclic) bond motifs is 1. The number of ketones is 1. The Bertz CT molecular complexity index is 1140. The monoisotopic (exact) mass is 413 g/mol. The molecule has 3 heteroatoms.